The fourth-order valence-corrected chi connectivity index (χ4v) is 1.82. The minimum Gasteiger partial charge on any atom is -0.489 e. The van der Waals surface area contributed by atoms with Crippen molar-refractivity contribution < 1.29 is 18.7 Å². The van der Waals surface area contributed by atoms with E-state index in [2.05, 4.69) is 10.1 Å². The fourth-order valence-electron chi connectivity index (χ4n) is 1.82. The Balaban J connectivity index is 0.00000162. The molecule has 0 amide bonds. The van der Waals surface area contributed by atoms with E-state index in [-0.39, 0.29) is 36.3 Å². The van der Waals surface area contributed by atoms with Gasteiger partial charge in [0.1, 0.15) is 23.7 Å². The van der Waals surface area contributed by atoms with Crippen LogP contribution in [0, 0.1) is 5.82 Å². The van der Waals surface area contributed by atoms with Crippen LogP contribution in [-0.2, 0) is 9.53 Å². The zero-order valence-electron chi connectivity index (χ0n) is 9.89. The van der Waals surface area contributed by atoms with Crippen LogP contribution in [0.1, 0.15) is 6.42 Å². The number of methoxy groups -OCH3 is 1. The normalized spacial score (nSPS) is 22.1. The summed E-state index contributed by atoms with van der Waals surface area (Å²) < 4.78 is 22.9. The first-order chi connectivity index (χ1) is 8.19. The maximum Gasteiger partial charge on any atom is 0.323 e. The van der Waals surface area contributed by atoms with E-state index in [9.17, 15) is 9.18 Å². The van der Waals surface area contributed by atoms with Crippen LogP contribution in [0.15, 0.2) is 24.3 Å². The molecule has 1 saturated heterocycles. The Hall–Kier alpha value is -1.33. The Morgan fingerprint density at radius 3 is 2.67 bits per heavy atom. The van der Waals surface area contributed by atoms with Gasteiger partial charge in [0, 0.05) is 13.0 Å². The smallest absolute Gasteiger partial charge is 0.323 e. The lowest BCUT2D eigenvalue weighted by Crippen LogP contribution is -2.31. The Morgan fingerprint density at radius 2 is 2.06 bits per heavy atom. The molecule has 2 atom stereocenters. The van der Waals surface area contributed by atoms with Gasteiger partial charge >= 0.3 is 5.97 Å². The number of hydrogen-bond acceptors (Lipinski definition) is 4. The molecule has 1 N–H and O–H groups in total. The van der Waals surface area contributed by atoms with Gasteiger partial charge in [0.2, 0.25) is 0 Å². The van der Waals surface area contributed by atoms with Crippen molar-refractivity contribution in [3.05, 3.63) is 30.1 Å². The van der Waals surface area contributed by atoms with Gasteiger partial charge in [-0.1, -0.05) is 0 Å². The van der Waals surface area contributed by atoms with E-state index in [4.69, 9.17) is 4.74 Å². The molecule has 0 aromatic heterocycles. The monoisotopic (exact) mass is 275 g/mol. The highest BCUT2D eigenvalue weighted by molar-refractivity contribution is 5.85. The Kier molecular flexibility index (Phi) is 5.37. The topological polar surface area (TPSA) is 47.6 Å². The van der Waals surface area contributed by atoms with Crippen molar-refractivity contribution in [2.75, 3.05) is 13.7 Å². The molecule has 0 unspecified atom stereocenters. The first kappa shape index (κ1) is 14.7. The Bertz CT molecular complexity index is 399. The van der Waals surface area contributed by atoms with Crippen LogP contribution >= 0.6 is 12.4 Å². The molecular formula is C12H15ClFNO3. The molecule has 0 spiro atoms. The summed E-state index contributed by atoms with van der Waals surface area (Å²) in [6.45, 7) is 0.580. The molecule has 100 valence electrons. The number of esters is 1. The van der Waals surface area contributed by atoms with Crippen molar-refractivity contribution >= 4 is 18.4 Å². The molecule has 0 saturated carbocycles. The van der Waals surface area contributed by atoms with Gasteiger partial charge in [-0.25, -0.2) is 4.39 Å². The van der Waals surface area contributed by atoms with Gasteiger partial charge in [0.05, 0.1) is 7.11 Å². The number of hydrogen-bond donors (Lipinski definition) is 1. The summed E-state index contributed by atoms with van der Waals surface area (Å²) in [5, 5.41) is 3.02. The van der Waals surface area contributed by atoms with Gasteiger partial charge in [-0.2, -0.15) is 0 Å². The number of carbonyl (C=O) groups is 1. The van der Waals surface area contributed by atoms with Crippen molar-refractivity contribution in [2.45, 2.75) is 18.6 Å². The van der Waals surface area contributed by atoms with Crippen LogP contribution in [-0.4, -0.2) is 31.8 Å². The lowest BCUT2D eigenvalue weighted by Gasteiger charge is -2.12. The average Bonchev–Trinajstić information content (AvgIpc) is 2.80. The van der Waals surface area contributed by atoms with Gasteiger partial charge in [0.15, 0.2) is 0 Å². The molecule has 1 aliphatic heterocycles. The predicted molar refractivity (Wildman–Crippen MR) is 66.5 cm³/mol. The van der Waals surface area contributed by atoms with E-state index in [0.717, 1.165) is 0 Å². The van der Waals surface area contributed by atoms with Crippen LogP contribution in [0.2, 0.25) is 0 Å². The second kappa shape index (κ2) is 6.56. The number of benzene rings is 1. The summed E-state index contributed by atoms with van der Waals surface area (Å²) in [7, 11) is 1.36. The number of carbonyl (C=O) groups excluding carboxylic acids is 1. The molecule has 1 fully saturated rings. The molecule has 1 aliphatic rings. The van der Waals surface area contributed by atoms with Crippen molar-refractivity contribution in [3.8, 4) is 5.75 Å². The molecule has 1 aromatic rings. The number of halogens is 2. The lowest BCUT2D eigenvalue weighted by molar-refractivity contribution is -0.142. The van der Waals surface area contributed by atoms with Crippen LogP contribution in [0.5, 0.6) is 5.75 Å². The molecule has 2 rings (SSSR count). The molecule has 0 radical (unpaired) electrons. The SMILES string of the molecule is COC(=O)[C@@H]1C[C@H](Oc2ccc(F)cc2)CN1.Cl. The Labute approximate surface area is 111 Å². The van der Waals surface area contributed by atoms with Crippen molar-refractivity contribution in [2.24, 2.45) is 0 Å². The van der Waals surface area contributed by atoms with Gasteiger partial charge in [-0.05, 0) is 24.3 Å². The summed E-state index contributed by atoms with van der Waals surface area (Å²) in [6.07, 6.45) is 0.467. The largest absolute Gasteiger partial charge is 0.489 e. The van der Waals surface area contributed by atoms with Gasteiger partial charge in [-0.3, -0.25) is 4.79 Å². The molecule has 0 bridgehead atoms. The van der Waals surface area contributed by atoms with Gasteiger partial charge < -0.3 is 14.8 Å². The molecule has 0 aliphatic carbocycles. The first-order valence-corrected chi connectivity index (χ1v) is 5.42. The zero-order chi connectivity index (χ0) is 12.3. The summed E-state index contributed by atoms with van der Waals surface area (Å²) in [5.41, 5.74) is 0. The second-order valence-corrected chi connectivity index (χ2v) is 3.91. The summed E-state index contributed by atoms with van der Waals surface area (Å²) in [4.78, 5) is 11.3. The van der Waals surface area contributed by atoms with Crippen molar-refractivity contribution in [3.63, 3.8) is 0 Å². The van der Waals surface area contributed by atoms with Crippen molar-refractivity contribution in [1.29, 1.82) is 0 Å². The van der Waals surface area contributed by atoms with Crippen LogP contribution in [0.4, 0.5) is 4.39 Å². The second-order valence-electron chi connectivity index (χ2n) is 3.91. The van der Waals surface area contributed by atoms with E-state index in [1.807, 2.05) is 0 Å². The maximum absolute atomic E-state index is 12.7. The van der Waals surface area contributed by atoms with E-state index in [0.29, 0.717) is 18.7 Å². The van der Waals surface area contributed by atoms with E-state index < -0.39 is 0 Å². The quantitative estimate of drug-likeness (QED) is 0.850. The summed E-state index contributed by atoms with van der Waals surface area (Å²) in [6, 6.07) is 5.51. The summed E-state index contributed by atoms with van der Waals surface area (Å²) in [5.74, 6) is 0.0215. The third kappa shape index (κ3) is 3.58. The van der Waals surface area contributed by atoms with E-state index in [1.54, 1.807) is 12.1 Å². The number of ether oxygens (including phenoxy) is 2. The average molecular weight is 276 g/mol. The third-order valence-electron chi connectivity index (χ3n) is 2.69. The third-order valence-corrected chi connectivity index (χ3v) is 2.69. The highest BCUT2D eigenvalue weighted by Crippen LogP contribution is 2.18. The van der Waals surface area contributed by atoms with E-state index >= 15 is 0 Å². The molecule has 4 nitrogen and oxygen atoms in total. The van der Waals surface area contributed by atoms with E-state index in [1.165, 1.54) is 19.2 Å². The minimum atomic E-state index is -0.314. The molecule has 18 heavy (non-hydrogen) atoms. The predicted octanol–water partition coefficient (Wildman–Crippen LogP) is 1.53. The molecule has 6 heteroatoms. The van der Waals surface area contributed by atoms with Crippen molar-refractivity contribution in [1.82, 2.24) is 5.32 Å². The highest BCUT2D eigenvalue weighted by Gasteiger charge is 2.31. The van der Waals surface area contributed by atoms with Crippen LogP contribution in [0.25, 0.3) is 0 Å². The van der Waals surface area contributed by atoms with Crippen LogP contribution in [0.3, 0.4) is 0 Å². The van der Waals surface area contributed by atoms with Gasteiger partial charge in [0.25, 0.3) is 0 Å². The lowest BCUT2D eigenvalue weighted by atomic mass is 10.2. The maximum atomic E-state index is 12.7. The molecule has 1 heterocycles. The molecular weight excluding hydrogens is 261 g/mol. The van der Waals surface area contributed by atoms with Gasteiger partial charge in [-0.15, -0.1) is 12.4 Å². The standard InChI is InChI=1S/C12H14FNO3.ClH/c1-16-12(15)11-6-10(7-14-11)17-9-4-2-8(13)3-5-9;/h2-5,10-11,14H,6-7H2,1H3;1H/t10-,11-;/m0./s1. The minimum absolute atomic E-state index is 0. The fraction of sp³-hybridized carbons (Fsp3) is 0.417. The zero-order valence-corrected chi connectivity index (χ0v) is 10.7. The van der Waals surface area contributed by atoms with Crippen LogP contribution < -0.4 is 10.1 Å². The Morgan fingerprint density at radius 1 is 1.39 bits per heavy atom. The number of rotatable bonds is 3. The first-order valence-electron chi connectivity index (χ1n) is 5.42. The molecule has 1 aromatic carbocycles. The summed E-state index contributed by atoms with van der Waals surface area (Å²) >= 11 is 0. The highest BCUT2D eigenvalue weighted by atomic mass is 35.5. The number of nitrogens with one attached hydrogen (secondary N) is 1.